The number of furan rings is 1. The number of hydrogen-bond acceptors (Lipinski definition) is 3. The van der Waals surface area contributed by atoms with E-state index in [0.29, 0.717) is 29.6 Å². The number of methoxy groups -OCH3 is 1. The van der Waals surface area contributed by atoms with Gasteiger partial charge < -0.3 is 9.15 Å². The second kappa shape index (κ2) is 4.97. The van der Waals surface area contributed by atoms with Crippen LogP contribution in [-0.2, 0) is 0 Å². The first-order valence-electron chi connectivity index (χ1n) is 7.23. The Morgan fingerprint density at radius 2 is 2.15 bits per heavy atom. The third-order valence-corrected chi connectivity index (χ3v) is 3.76. The maximum absolute atomic E-state index is 12.4. The molecule has 1 aromatic heterocycles. The molecule has 0 saturated heterocycles. The lowest BCUT2D eigenvalue weighted by atomic mass is 9.98. The number of ketones is 1. The van der Waals surface area contributed by atoms with E-state index < -0.39 is 0 Å². The van der Waals surface area contributed by atoms with Crippen LogP contribution < -0.4 is 4.74 Å². The van der Waals surface area contributed by atoms with Crippen LogP contribution in [-0.4, -0.2) is 12.9 Å². The van der Waals surface area contributed by atoms with Crippen molar-refractivity contribution < 1.29 is 13.9 Å². The van der Waals surface area contributed by atoms with Crippen molar-refractivity contribution in [1.82, 2.24) is 0 Å². The summed E-state index contributed by atoms with van der Waals surface area (Å²) in [7, 11) is 1.63. The van der Waals surface area contributed by atoms with E-state index in [2.05, 4.69) is 13.8 Å². The van der Waals surface area contributed by atoms with Gasteiger partial charge in [0.25, 0.3) is 0 Å². The minimum absolute atomic E-state index is 0.177. The van der Waals surface area contributed by atoms with E-state index in [0.717, 1.165) is 16.7 Å². The zero-order valence-corrected chi connectivity index (χ0v) is 12.2. The van der Waals surface area contributed by atoms with E-state index in [9.17, 15) is 4.79 Å². The number of ether oxygens (including phenoxy) is 1. The van der Waals surface area contributed by atoms with Crippen LogP contribution in [0.15, 0.2) is 22.6 Å². The standard InChI is InChI=1S/C17H20O3/c1-10(2)8-14(18)12-6-7-15(19-3)17-13(12)9-16(20-17)11-4-5-11/h6-7,9-11H,4-5,8H2,1-3H3. The molecule has 1 saturated carbocycles. The molecular formula is C17H20O3. The van der Waals surface area contributed by atoms with Crippen molar-refractivity contribution in [2.75, 3.05) is 7.11 Å². The average Bonchev–Trinajstić information content (AvgIpc) is 3.15. The highest BCUT2D eigenvalue weighted by Crippen LogP contribution is 2.44. The van der Waals surface area contributed by atoms with Crippen molar-refractivity contribution in [1.29, 1.82) is 0 Å². The number of fused-ring (bicyclic) bond motifs is 1. The van der Waals surface area contributed by atoms with Gasteiger partial charge >= 0.3 is 0 Å². The Bertz CT molecular complexity index is 648. The van der Waals surface area contributed by atoms with Gasteiger partial charge in [-0.15, -0.1) is 0 Å². The van der Waals surface area contributed by atoms with Gasteiger partial charge in [0.1, 0.15) is 5.76 Å². The van der Waals surface area contributed by atoms with Crippen LogP contribution in [0.5, 0.6) is 5.75 Å². The van der Waals surface area contributed by atoms with E-state index >= 15 is 0 Å². The second-order valence-corrected chi connectivity index (χ2v) is 6.00. The molecule has 0 amide bonds. The maximum Gasteiger partial charge on any atom is 0.176 e. The van der Waals surface area contributed by atoms with Crippen LogP contribution in [0.3, 0.4) is 0 Å². The number of carbonyl (C=O) groups is 1. The van der Waals surface area contributed by atoms with Crippen molar-refractivity contribution in [3.63, 3.8) is 0 Å². The molecule has 20 heavy (non-hydrogen) atoms. The van der Waals surface area contributed by atoms with Crippen molar-refractivity contribution in [3.05, 3.63) is 29.5 Å². The summed E-state index contributed by atoms with van der Waals surface area (Å²) in [4.78, 5) is 12.4. The van der Waals surface area contributed by atoms with Gasteiger partial charge in [-0.2, -0.15) is 0 Å². The zero-order valence-electron chi connectivity index (χ0n) is 12.2. The van der Waals surface area contributed by atoms with Gasteiger partial charge in [-0.3, -0.25) is 4.79 Å². The monoisotopic (exact) mass is 272 g/mol. The fraction of sp³-hybridized carbons (Fsp3) is 0.471. The highest BCUT2D eigenvalue weighted by atomic mass is 16.5. The van der Waals surface area contributed by atoms with E-state index in [1.165, 1.54) is 12.8 Å². The third-order valence-electron chi connectivity index (χ3n) is 3.76. The summed E-state index contributed by atoms with van der Waals surface area (Å²) in [5.74, 6) is 2.75. The molecule has 106 valence electrons. The molecule has 0 spiro atoms. The summed E-state index contributed by atoms with van der Waals surface area (Å²) in [6.45, 7) is 4.12. The van der Waals surface area contributed by atoms with Crippen LogP contribution in [0.2, 0.25) is 0 Å². The Hall–Kier alpha value is -1.77. The molecule has 1 fully saturated rings. The molecule has 0 N–H and O–H groups in total. The topological polar surface area (TPSA) is 39.4 Å². The normalized spacial score (nSPS) is 15.0. The largest absolute Gasteiger partial charge is 0.493 e. The number of rotatable bonds is 5. The smallest absolute Gasteiger partial charge is 0.176 e. The summed E-state index contributed by atoms with van der Waals surface area (Å²) < 4.78 is 11.3. The zero-order chi connectivity index (χ0) is 14.3. The molecule has 0 unspecified atom stereocenters. The maximum atomic E-state index is 12.4. The predicted molar refractivity (Wildman–Crippen MR) is 78.5 cm³/mol. The van der Waals surface area contributed by atoms with E-state index in [4.69, 9.17) is 9.15 Å². The summed E-state index contributed by atoms with van der Waals surface area (Å²) >= 11 is 0. The van der Waals surface area contributed by atoms with Gasteiger partial charge in [-0.25, -0.2) is 0 Å². The van der Waals surface area contributed by atoms with Gasteiger partial charge in [0.05, 0.1) is 7.11 Å². The Morgan fingerprint density at radius 1 is 1.40 bits per heavy atom. The SMILES string of the molecule is COc1ccc(C(=O)CC(C)C)c2cc(C3CC3)oc12. The molecule has 3 heteroatoms. The number of Topliss-reactive ketones (excluding diaryl/α,β-unsaturated/α-hetero) is 1. The molecular weight excluding hydrogens is 252 g/mol. The van der Waals surface area contributed by atoms with Crippen LogP contribution in [0.1, 0.15) is 55.1 Å². The van der Waals surface area contributed by atoms with Crippen LogP contribution in [0, 0.1) is 5.92 Å². The summed E-state index contributed by atoms with van der Waals surface area (Å²) in [5.41, 5.74) is 1.47. The number of hydrogen-bond donors (Lipinski definition) is 0. The first-order valence-corrected chi connectivity index (χ1v) is 7.23. The van der Waals surface area contributed by atoms with E-state index in [-0.39, 0.29) is 5.78 Å². The Balaban J connectivity index is 2.10. The lowest BCUT2D eigenvalue weighted by molar-refractivity contribution is 0.0969. The highest BCUT2D eigenvalue weighted by Gasteiger charge is 2.29. The van der Waals surface area contributed by atoms with Crippen molar-refractivity contribution in [3.8, 4) is 5.75 Å². The fourth-order valence-electron chi connectivity index (χ4n) is 2.57. The van der Waals surface area contributed by atoms with Gasteiger partial charge in [0, 0.05) is 23.3 Å². The molecule has 1 aliphatic rings. The van der Waals surface area contributed by atoms with Gasteiger partial charge in [-0.05, 0) is 37.0 Å². The van der Waals surface area contributed by atoms with Crippen molar-refractivity contribution in [2.24, 2.45) is 5.92 Å². The van der Waals surface area contributed by atoms with Crippen LogP contribution in [0.4, 0.5) is 0 Å². The molecule has 0 atom stereocenters. The lowest BCUT2D eigenvalue weighted by Gasteiger charge is -2.07. The first kappa shape index (κ1) is 13.2. The van der Waals surface area contributed by atoms with E-state index in [1.54, 1.807) is 7.11 Å². The first-order chi connectivity index (χ1) is 9.60. The minimum atomic E-state index is 0.177. The molecule has 1 aliphatic carbocycles. The molecule has 0 bridgehead atoms. The van der Waals surface area contributed by atoms with Crippen LogP contribution >= 0.6 is 0 Å². The minimum Gasteiger partial charge on any atom is -0.493 e. The van der Waals surface area contributed by atoms with E-state index in [1.807, 2.05) is 18.2 Å². The third kappa shape index (κ3) is 2.33. The number of carbonyl (C=O) groups excluding carboxylic acids is 1. The van der Waals surface area contributed by atoms with Gasteiger partial charge in [0.2, 0.25) is 0 Å². The summed E-state index contributed by atoms with van der Waals surface area (Å²) in [6, 6.07) is 5.72. The van der Waals surface area contributed by atoms with Crippen LogP contribution in [0.25, 0.3) is 11.0 Å². The Morgan fingerprint density at radius 3 is 2.75 bits per heavy atom. The predicted octanol–water partition coefficient (Wildman–Crippen LogP) is 4.55. The molecule has 0 radical (unpaired) electrons. The molecule has 0 aliphatic heterocycles. The Kier molecular flexibility index (Phi) is 3.28. The molecule has 1 aromatic carbocycles. The van der Waals surface area contributed by atoms with Crippen molar-refractivity contribution in [2.45, 2.75) is 39.0 Å². The summed E-state index contributed by atoms with van der Waals surface area (Å²) in [5, 5.41) is 0.900. The summed E-state index contributed by atoms with van der Waals surface area (Å²) in [6.07, 6.45) is 2.92. The second-order valence-electron chi connectivity index (χ2n) is 6.00. The molecule has 1 heterocycles. The number of benzene rings is 1. The van der Waals surface area contributed by atoms with Gasteiger partial charge in [0.15, 0.2) is 17.1 Å². The average molecular weight is 272 g/mol. The Labute approximate surface area is 118 Å². The molecule has 2 aromatic rings. The highest BCUT2D eigenvalue weighted by molar-refractivity contribution is 6.08. The van der Waals surface area contributed by atoms with Gasteiger partial charge in [-0.1, -0.05) is 13.8 Å². The molecule has 3 rings (SSSR count). The lowest BCUT2D eigenvalue weighted by Crippen LogP contribution is -2.04. The van der Waals surface area contributed by atoms with Crippen molar-refractivity contribution >= 4 is 16.8 Å². The molecule has 3 nitrogen and oxygen atoms in total. The quantitative estimate of drug-likeness (QED) is 0.750. The fourth-order valence-corrected chi connectivity index (χ4v) is 2.57.